The van der Waals surface area contributed by atoms with E-state index in [9.17, 15) is 9.59 Å². The molecule has 4 aliphatic rings. The van der Waals surface area contributed by atoms with Crippen LogP contribution >= 0.6 is 11.6 Å². The third-order valence-electron chi connectivity index (χ3n) is 7.66. The maximum Gasteiger partial charge on any atom is 0.356 e. The van der Waals surface area contributed by atoms with Gasteiger partial charge in [-0.25, -0.2) is 9.59 Å². The molecule has 3 fully saturated rings. The van der Waals surface area contributed by atoms with E-state index in [1.165, 1.54) is 17.8 Å². The maximum absolute atomic E-state index is 12.7. The number of likely N-dealkylation sites (tertiary alicyclic amines) is 1. The Labute approximate surface area is 208 Å². The van der Waals surface area contributed by atoms with E-state index < -0.39 is 5.97 Å². The van der Waals surface area contributed by atoms with E-state index >= 15 is 0 Å². The number of hydrogen-bond donors (Lipinski definition) is 2. The van der Waals surface area contributed by atoms with Crippen LogP contribution in [0.15, 0.2) is 60.5 Å². The van der Waals surface area contributed by atoms with Crippen LogP contribution in [0.5, 0.6) is 5.75 Å². The second-order valence-corrected chi connectivity index (χ2v) is 10.8. The average molecular weight is 495 g/mol. The van der Waals surface area contributed by atoms with Gasteiger partial charge in [0.2, 0.25) is 0 Å². The Kier molecular flexibility index (Phi) is 5.45. The minimum atomic E-state index is -1.13. The predicted octanol–water partition coefficient (Wildman–Crippen LogP) is 3.88. The van der Waals surface area contributed by atoms with Gasteiger partial charge >= 0.3 is 12.0 Å². The van der Waals surface area contributed by atoms with Crippen LogP contribution in [0.4, 0.5) is 4.79 Å². The van der Waals surface area contributed by atoms with Crippen molar-refractivity contribution in [3.05, 3.63) is 71.8 Å². The number of benzene rings is 1. The van der Waals surface area contributed by atoms with Crippen LogP contribution in [-0.2, 0) is 6.54 Å². The molecule has 8 nitrogen and oxygen atoms in total. The standard InChI is InChI=1S/C26H27ClN4O4/c27-26-7-5-22(11-19(26)12-26)35-21-3-1-16(2-4-21)13-28-20-9-17-14-30(15-18(17)10-20)25(34)31-8-6-23(29-31)24(32)33/h1-8,11,17-20,28H,9-10,12-15H2,(H,32,33)/t17-,18+,19-,20?,26?/m1/s1. The van der Waals surface area contributed by atoms with Gasteiger partial charge < -0.3 is 20.1 Å². The number of nitrogens with zero attached hydrogens (tertiary/aromatic N) is 3. The number of carbonyl (C=O) groups is 2. The lowest BCUT2D eigenvalue weighted by Crippen LogP contribution is -2.35. The summed E-state index contributed by atoms with van der Waals surface area (Å²) in [6, 6.07) is 9.69. The van der Waals surface area contributed by atoms with E-state index in [1.54, 1.807) is 4.90 Å². The molecular weight excluding hydrogens is 468 g/mol. The third kappa shape index (κ3) is 4.48. The molecule has 1 amide bonds. The highest BCUT2D eigenvalue weighted by Gasteiger charge is 2.51. The lowest BCUT2D eigenvalue weighted by molar-refractivity contribution is 0.0690. The van der Waals surface area contributed by atoms with Crippen molar-refractivity contribution in [1.82, 2.24) is 20.0 Å². The second-order valence-electron chi connectivity index (χ2n) is 10.1. The molecule has 6 rings (SSSR count). The Morgan fingerprint density at radius 3 is 2.57 bits per heavy atom. The molecule has 2 heterocycles. The Morgan fingerprint density at radius 2 is 1.91 bits per heavy atom. The van der Waals surface area contributed by atoms with E-state index in [4.69, 9.17) is 21.4 Å². The number of fused-ring (bicyclic) bond motifs is 2. The van der Waals surface area contributed by atoms with Gasteiger partial charge in [0.15, 0.2) is 5.69 Å². The van der Waals surface area contributed by atoms with Crippen molar-refractivity contribution in [2.45, 2.75) is 36.7 Å². The van der Waals surface area contributed by atoms with Crippen molar-refractivity contribution in [3.63, 3.8) is 0 Å². The second kappa shape index (κ2) is 8.53. The molecule has 2 N–H and O–H groups in total. The zero-order valence-electron chi connectivity index (χ0n) is 19.1. The number of carboxylic acid groups (broad SMARTS) is 1. The lowest BCUT2D eigenvalue weighted by Gasteiger charge is -2.19. The minimum Gasteiger partial charge on any atom is -0.476 e. The molecule has 1 aromatic carbocycles. The number of amides is 1. The van der Waals surface area contributed by atoms with Gasteiger partial charge in [0.25, 0.3) is 0 Å². The molecule has 9 heteroatoms. The number of aromatic nitrogens is 2. The largest absolute Gasteiger partial charge is 0.476 e. The Balaban J connectivity index is 0.965. The van der Waals surface area contributed by atoms with Crippen LogP contribution in [0.3, 0.4) is 0 Å². The lowest BCUT2D eigenvalue weighted by atomic mass is 10.0. The number of rotatable bonds is 6. The van der Waals surface area contributed by atoms with Crippen LogP contribution in [0.1, 0.15) is 35.3 Å². The summed E-state index contributed by atoms with van der Waals surface area (Å²) >= 11 is 6.38. The summed E-state index contributed by atoms with van der Waals surface area (Å²) in [5, 5.41) is 16.5. The fourth-order valence-corrected chi connectivity index (χ4v) is 5.89. The fraction of sp³-hybridized carbons (Fsp3) is 0.423. The molecule has 0 spiro atoms. The highest BCUT2D eigenvalue weighted by Crippen LogP contribution is 2.54. The molecule has 2 unspecified atom stereocenters. The molecule has 5 atom stereocenters. The van der Waals surface area contributed by atoms with Gasteiger partial charge in [-0.05, 0) is 67.0 Å². The Hall–Kier alpha value is -3.10. The summed E-state index contributed by atoms with van der Waals surface area (Å²) < 4.78 is 7.11. The van der Waals surface area contributed by atoms with Gasteiger partial charge in [-0.1, -0.05) is 18.2 Å². The molecule has 1 aliphatic heterocycles. The van der Waals surface area contributed by atoms with Crippen LogP contribution < -0.4 is 10.1 Å². The van der Waals surface area contributed by atoms with Gasteiger partial charge in [-0.2, -0.15) is 9.78 Å². The number of ether oxygens (including phenoxy) is 1. The van der Waals surface area contributed by atoms with Gasteiger partial charge in [0.1, 0.15) is 11.5 Å². The first kappa shape index (κ1) is 22.4. The number of alkyl halides is 1. The van der Waals surface area contributed by atoms with Gasteiger partial charge in [-0.15, -0.1) is 11.6 Å². The van der Waals surface area contributed by atoms with Gasteiger partial charge in [-0.3, -0.25) is 0 Å². The van der Waals surface area contributed by atoms with Crippen LogP contribution in [0.2, 0.25) is 0 Å². The molecule has 2 saturated carbocycles. The molecule has 35 heavy (non-hydrogen) atoms. The number of hydrogen-bond acceptors (Lipinski definition) is 5. The number of carboxylic acids is 1. The number of aromatic carboxylic acids is 1. The number of nitrogens with one attached hydrogen (secondary N) is 1. The van der Waals surface area contributed by atoms with Crippen LogP contribution in [-0.4, -0.2) is 55.8 Å². The first-order valence-corrected chi connectivity index (χ1v) is 12.4. The zero-order chi connectivity index (χ0) is 24.2. The summed E-state index contributed by atoms with van der Waals surface area (Å²) in [5.74, 6) is 1.84. The van der Waals surface area contributed by atoms with Gasteiger partial charge in [0, 0.05) is 37.8 Å². The molecule has 1 saturated heterocycles. The third-order valence-corrected chi connectivity index (χ3v) is 8.22. The number of halogens is 1. The van der Waals surface area contributed by atoms with Crippen molar-refractivity contribution in [1.29, 1.82) is 0 Å². The minimum absolute atomic E-state index is 0.120. The normalized spacial score (nSPS) is 30.5. The molecule has 0 bridgehead atoms. The highest BCUT2D eigenvalue weighted by molar-refractivity contribution is 6.28. The molecular formula is C26H27ClN4O4. The van der Waals surface area contributed by atoms with E-state index in [-0.39, 0.29) is 16.6 Å². The van der Waals surface area contributed by atoms with Crippen molar-refractivity contribution in [3.8, 4) is 5.75 Å². The number of allylic oxidation sites excluding steroid dienone is 3. The zero-order valence-corrected chi connectivity index (χ0v) is 19.9. The summed E-state index contributed by atoms with van der Waals surface area (Å²) in [7, 11) is 0. The monoisotopic (exact) mass is 494 g/mol. The quantitative estimate of drug-likeness (QED) is 0.591. The highest BCUT2D eigenvalue weighted by atomic mass is 35.5. The van der Waals surface area contributed by atoms with Gasteiger partial charge in [0.05, 0.1) is 4.87 Å². The van der Waals surface area contributed by atoms with E-state index in [1.807, 2.05) is 24.3 Å². The van der Waals surface area contributed by atoms with Crippen molar-refractivity contribution >= 4 is 23.6 Å². The molecule has 3 aliphatic carbocycles. The van der Waals surface area contributed by atoms with E-state index in [0.717, 1.165) is 42.0 Å². The summed E-state index contributed by atoms with van der Waals surface area (Å²) in [4.78, 5) is 25.3. The van der Waals surface area contributed by atoms with Crippen LogP contribution in [0, 0.1) is 17.8 Å². The van der Waals surface area contributed by atoms with E-state index in [2.05, 4.69) is 28.6 Å². The molecule has 2 aromatic rings. The topological polar surface area (TPSA) is 96.7 Å². The predicted molar refractivity (Wildman–Crippen MR) is 129 cm³/mol. The molecule has 1 aromatic heterocycles. The van der Waals surface area contributed by atoms with Crippen molar-refractivity contribution < 1.29 is 19.4 Å². The fourth-order valence-electron chi connectivity index (χ4n) is 5.60. The number of carbonyl (C=O) groups excluding carboxylic acids is 1. The van der Waals surface area contributed by atoms with E-state index in [0.29, 0.717) is 36.9 Å². The maximum atomic E-state index is 12.7. The first-order valence-electron chi connectivity index (χ1n) is 12.0. The van der Waals surface area contributed by atoms with Crippen molar-refractivity contribution in [2.75, 3.05) is 13.1 Å². The molecule has 0 radical (unpaired) electrons. The average Bonchev–Trinajstić information content (AvgIpc) is 3.23. The Bertz CT molecular complexity index is 1210. The summed E-state index contributed by atoms with van der Waals surface area (Å²) in [5.41, 5.74) is 1.08. The summed E-state index contributed by atoms with van der Waals surface area (Å²) in [6.07, 6.45) is 10.6. The SMILES string of the molecule is O=C(O)c1ccn(C(=O)N2C[C@H]3CC(NCc4ccc(OC5=C[C@@H]6CC6(Cl)C=C5)cc4)C[C@H]3C2)n1. The molecule has 182 valence electrons. The smallest absolute Gasteiger partial charge is 0.356 e. The Morgan fingerprint density at radius 1 is 1.17 bits per heavy atom. The van der Waals surface area contributed by atoms with Crippen LogP contribution in [0.25, 0.3) is 0 Å². The first-order chi connectivity index (χ1) is 16.9. The summed E-state index contributed by atoms with van der Waals surface area (Å²) in [6.45, 7) is 2.16. The van der Waals surface area contributed by atoms with Crippen molar-refractivity contribution in [2.24, 2.45) is 17.8 Å².